The summed E-state index contributed by atoms with van der Waals surface area (Å²) in [5, 5.41) is 15.1. The fourth-order valence-electron chi connectivity index (χ4n) is 3.63. The van der Waals surface area contributed by atoms with Gasteiger partial charge in [0.05, 0.1) is 22.3 Å². The second kappa shape index (κ2) is 12.2. The summed E-state index contributed by atoms with van der Waals surface area (Å²) in [5.74, 6) is 0.411. The number of fused-ring (bicyclic) bond motifs is 1. The summed E-state index contributed by atoms with van der Waals surface area (Å²) in [6.45, 7) is 2.63. The van der Waals surface area contributed by atoms with E-state index in [2.05, 4.69) is 45.5 Å². The van der Waals surface area contributed by atoms with Crippen LogP contribution in [0.5, 0.6) is 11.5 Å². The Morgan fingerprint density at radius 3 is 2.51 bits per heavy atom. The number of benzene rings is 4. The van der Waals surface area contributed by atoms with Gasteiger partial charge in [0, 0.05) is 4.47 Å². The van der Waals surface area contributed by atoms with Crippen LogP contribution in [0.25, 0.3) is 16.8 Å². The normalized spacial score (nSPS) is 11.2. The fourth-order valence-corrected chi connectivity index (χ4v) is 4.41. The Morgan fingerprint density at radius 2 is 1.76 bits per heavy atom. The van der Waals surface area contributed by atoms with E-state index in [1.54, 1.807) is 30.3 Å². The van der Waals surface area contributed by atoms with Gasteiger partial charge in [-0.25, -0.2) is 0 Å². The maximum atomic E-state index is 12.8. The monoisotopic (exact) mass is 594 g/mol. The Balaban J connectivity index is 1.57. The molecule has 5 nitrogen and oxygen atoms in total. The first-order chi connectivity index (χ1) is 17.9. The second-order valence-electron chi connectivity index (χ2n) is 7.95. The zero-order chi connectivity index (χ0) is 26.4. The number of hydrogen-bond acceptors (Lipinski definition) is 4. The van der Waals surface area contributed by atoms with Gasteiger partial charge in [-0.05, 0) is 65.2 Å². The van der Waals surface area contributed by atoms with Crippen LogP contribution < -0.4 is 14.8 Å². The van der Waals surface area contributed by atoms with E-state index in [1.807, 2.05) is 31.2 Å². The van der Waals surface area contributed by atoms with Crippen molar-refractivity contribution < 1.29 is 14.3 Å². The molecule has 37 heavy (non-hydrogen) atoms. The summed E-state index contributed by atoms with van der Waals surface area (Å²) in [4.78, 5) is 12.8. The molecule has 186 valence electrons. The van der Waals surface area contributed by atoms with E-state index in [4.69, 9.17) is 32.7 Å². The highest BCUT2D eigenvalue weighted by atomic mass is 79.9. The predicted octanol–water partition coefficient (Wildman–Crippen LogP) is 8.43. The largest absolute Gasteiger partial charge is 0.490 e. The lowest BCUT2D eigenvalue weighted by Gasteiger charge is -2.15. The number of ether oxygens (including phenoxy) is 2. The molecule has 0 atom stereocenters. The number of carbonyl (C=O) groups excluding carboxylic acids is 1. The minimum Gasteiger partial charge on any atom is -0.490 e. The number of amides is 1. The van der Waals surface area contributed by atoms with Gasteiger partial charge in [-0.3, -0.25) is 4.79 Å². The Morgan fingerprint density at radius 1 is 1.00 bits per heavy atom. The maximum Gasteiger partial charge on any atom is 0.266 e. The number of nitrogens with zero attached hydrogens (tertiary/aromatic N) is 1. The van der Waals surface area contributed by atoms with E-state index in [0.29, 0.717) is 45.5 Å². The second-order valence-corrected chi connectivity index (χ2v) is 9.59. The molecule has 1 N–H and O–H groups in total. The maximum absolute atomic E-state index is 12.8. The van der Waals surface area contributed by atoms with Gasteiger partial charge >= 0.3 is 0 Å². The molecule has 0 unspecified atom stereocenters. The highest BCUT2D eigenvalue weighted by Gasteiger charge is 2.16. The topological polar surface area (TPSA) is 71.3 Å². The highest BCUT2D eigenvalue weighted by molar-refractivity contribution is 9.10. The van der Waals surface area contributed by atoms with Crippen LogP contribution in [0.15, 0.2) is 82.8 Å². The number of carbonyl (C=O) groups is 1. The molecule has 0 bridgehead atoms. The smallest absolute Gasteiger partial charge is 0.266 e. The quantitative estimate of drug-likeness (QED) is 0.164. The van der Waals surface area contributed by atoms with Crippen molar-refractivity contribution in [2.24, 2.45) is 0 Å². The molecule has 0 radical (unpaired) electrons. The van der Waals surface area contributed by atoms with Crippen molar-refractivity contribution in [1.82, 2.24) is 0 Å². The SMILES string of the molecule is CCOc1cc(/C=C(/C#N)C(=O)Nc2cccc(Cl)c2Cl)c(Br)cc1OCc1ccc2ccccc2c1. The van der Waals surface area contributed by atoms with Gasteiger partial charge in [0.1, 0.15) is 18.2 Å². The van der Waals surface area contributed by atoms with Gasteiger partial charge in [0.25, 0.3) is 5.91 Å². The van der Waals surface area contributed by atoms with Crippen LogP contribution in [0.3, 0.4) is 0 Å². The molecule has 0 heterocycles. The van der Waals surface area contributed by atoms with Crippen molar-refractivity contribution in [3.8, 4) is 17.6 Å². The van der Waals surface area contributed by atoms with Crippen LogP contribution in [0.4, 0.5) is 5.69 Å². The minimum atomic E-state index is -0.617. The van der Waals surface area contributed by atoms with Gasteiger partial charge in [-0.1, -0.05) is 81.6 Å². The molecule has 0 aromatic heterocycles. The van der Waals surface area contributed by atoms with E-state index >= 15 is 0 Å². The average molecular weight is 596 g/mol. The van der Waals surface area contributed by atoms with E-state index in [9.17, 15) is 10.1 Å². The summed E-state index contributed by atoms with van der Waals surface area (Å²) in [7, 11) is 0. The number of rotatable bonds is 8. The van der Waals surface area contributed by atoms with Gasteiger partial charge in [0.15, 0.2) is 11.5 Å². The average Bonchev–Trinajstić information content (AvgIpc) is 2.90. The third-order valence-electron chi connectivity index (χ3n) is 5.44. The van der Waals surface area contributed by atoms with Crippen LogP contribution in [0.2, 0.25) is 10.0 Å². The molecule has 0 fully saturated rings. The van der Waals surface area contributed by atoms with Crippen molar-refractivity contribution in [3.63, 3.8) is 0 Å². The first-order valence-corrected chi connectivity index (χ1v) is 12.9. The minimum absolute atomic E-state index is 0.121. The lowest BCUT2D eigenvalue weighted by Crippen LogP contribution is -2.13. The van der Waals surface area contributed by atoms with Crippen LogP contribution in [0.1, 0.15) is 18.1 Å². The lowest BCUT2D eigenvalue weighted by atomic mass is 10.1. The van der Waals surface area contributed by atoms with Crippen molar-refractivity contribution in [1.29, 1.82) is 5.26 Å². The van der Waals surface area contributed by atoms with E-state index < -0.39 is 5.91 Å². The van der Waals surface area contributed by atoms with Crippen LogP contribution in [-0.2, 0) is 11.4 Å². The summed E-state index contributed by atoms with van der Waals surface area (Å²) >= 11 is 15.7. The lowest BCUT2D eigenvalue weighted by molar-refractivity contribution is -0.112. The first-order valence-electron chi connectivity index (χ1n) is 11.3. The van der Waals surface area contributed by atoms with Crippen molar-refractivity contribution in [2.45, 2.75) is 13.5 Å². The van der Waals surface area contributed by atoms with E-state index in [-0.39, 0.29) is 10.6 Å². The summed E-state index contributed by atoms with van der Waals surface area (Å²) in [6.07, 6.45) is 1.47. The molecule has 0 aliphatic rings. The molecular formula is C29H21BrCl2N2O3. The van der Waals surface area contributed by atoms with Gasteiger partial charge in [-0.2, -0.15) is 5.26 Å². The van der Waals surface area contributed by atoms with E-state index in [0.717, 1.165) is 16.3 Å². The zero-order valence-electron chi connectivity index (χ0n) is 19.7. The number of hydrogen-bond donors (Lipinski definition) is 1. The summed E-state index contributed by atoms with van der Waals surface area (Å²) in [6, 6.07) is 24.6. The fraction of sp³-hybridized carbons (Fsp3) is 0.103. The van der Waals surface area contributed by atoms with Gasteiger partial charge in [-0.15, -0.1) is 0 Å². The molecule has 4 rings (SSSR count). The van der Waals surface area contributed by atoms with Crippen LogP contribution in [-0.4, -0.2) is 12.5 Å². The van der Waals surface area contributed by atoms with Crippen molar-refractivity contribution in [3.05, 3.63) is 104 Å². The van der Waals surface area contributed by atoms with Crippen LogP contribution >= 0.6 is 39.1 Å². The molecule has 0 aliphatic heterocycles. The number of nitrogens with one attached hydrogen (secondary N) is 1. The van der Waals surface area contributed by atoms with Gasteiger partial charge in [0.2, 0.25) is 0 Å². The standard InChI is InChI=1S/C29H21BrCl2N2O3/c1-2-36-26-14-21(13-22(16-33)29(35)34-25-9-5-8-24(31)28(25)32)23(30)15-27(26)37-17-18-10-11-19-6-3-4-7-20(19)12-18/h3-15H,2,17H2,1H3,(H,34,35)/b22-13-. The Bertz CT molecular complexity index is 1550. The molecule has 8 heteroatoms. The third kappa shape index (κ3) is 6.44. The van der Waals surface area contributed by atoms with E-state index in [1.165, 1.54) is 6.08 Å². The molecule has 1 amide bonds. The van der Waals surface area contributed by atoms with Gasteiger partial charge < -0.3 is 14.8 Å². The first kappa shape index (κ1) is 26.6. The molecule has 0 spiro atoms. The third-order valence-corrected chi connectivity index (χ3v) is 6.94. The Hall–Kier alpha value is -3.50. The zero-order valence-corrected chi connectivity index (χ0v) is 22.8. The van der Waals surface area contributed by atoms with Crippen molar-refractivity contribution in [2.75, 3.05) is 11.9 Å². The Labute approximate surface area is 233 Å². The highest BCUT2D eigenvalue weighted by Crippen LogP contribution is 2.36. The van der Waals surface area contributed by atoms with Crippen molar-refractivity contribution >= 4 is 67.6 Å². The number of anilines is 1. The van der Waals surface area contributed by atoms with Crippen LogP contribution in [0, 0.1) is 11.3 Å². The molecule has 0 aliphatic carbocycles. The summed E-state index contributed by atoms with van der Waals surface area (Å²) in [5.41, 5.74) is 1.78. The molecule has 4 aromatic rings. The predicted molar refractivity (Wildman–Crippen MR) is 152 cm³/mol. The summed E-state index contributed by atoms with van der Waals surface area (Å²) < 4.78 is 12.5. The number of halogens is 3. The molecule has 0 saturated heterocycles. The molecule has 0 saturated carbocycles. The molecule has 4 aromatic carbocycles. The molecular weight excluding hydrogens is 575 g/mol. The Kier molecular flexibility index (Phi) is 8.73. The number of nitriles is 1.